The zero-order valence-electron chi connectivity index (χ0n) is 79.0. The summed E-state index contributed by atoms with van der Waals surface area (Å²) in [5.74, 6) is -17.7. The number of phosphoric ester groups is 1. The van der Waals surface area contributed by atoms with Crippen molar-refractivity contribution in [2.24, 2.45) is 111 Å². The van der Waals surface area contributed by atoms with Gasteiger partial charge in [-0.05, 0) is 36.4 Å². The van der Waals surface area contributed by atoms with Crippen LogP contribution in [0.2, 0.25) is 0 Å². The van der Waals surface area contributed by atoms with Crippen LogP contribution in [-0.4, -0.2) is 88.2 Å². The fourth-order valence-corrected chi connectivity index (χ4v) is 24.5. The average molecular weight is 2010 g/mol. The lowest BCUT2D eigenvalue weighted by Crippen LogP contribution is -2.63. The molecule has 0 saturated heterocycles. The quantitative estimate of drug-likeness (QED) is 0.0569. The Morgan fingerprint density at radius 1 is 0.343 bits per heavy atom. The molecule has 740 valence electrons. The van der Waals surface area contributed by atoms with Gasteiger partial charge in [-0.1, -0.05) is 125 Å². The molecule has 3 aromatic carbocycles. The SMILES string of the molecule is Cn1nc2c(c1CC(=O)/N=c1\scc(-c3ccc(F)c(C(F)(F)F)c3F)n1C(OP(=O)(OC(n1c(-c3ccc(F)c(C(F)(F)F)c3F)cs/c1=N\C(=O)Cc1c3c(=O)n(C)c(=O)n(C)c3nn1C)(C(C)(C)C)C(C)(C)C)OC(n1c(-c3ccc(F)c(C(F)(F)F)c3F)cs/c1=N\C(=O)Cc1c3c(=O)n(C)c(=O)n(C)c3nn1C)(C(C)(C)C)C(C)(C)C)(C(C)(C)C)C(C)(C)C)c(=O)n(C)c(=O)n2C. The first-order chi connectivity index (χ1) is 62.5. The molecule has 9 heterocycles. The molecule has 0 radical (unpaired) electrons. The van der Waals surface area contributed by atoms with Gasteiger partial charge in [0.2, 0.25) is 0 Å². The number of alkyl halides is 9. The number of nitrogens with zero attached hydrogens (tertiary/aromatic N) is 18. The number of halogens is 15. The number of phosphoric acid groups is 1. The molecule has 0 aliphatic rings. The zero-order valence-corrected chi connectivity index (χ0v) is 82.4. The van der Waals surface area contributed by atoms with Crippen molar-refractivity contribution in [3.63, 3.8) is 0 Å². The van der Waals surface area contributed by atoms with Crippen LogP contribution in [0, 0.1) is 67.4 Å². The van der Waals surface area contributed by atoms with Crippen LogP contribution in [-0.2, 0) is 151 Å². The molecule has 0 spiro atoms. The minimum atomic E-state index is -7.21. The van der Waals surface area contributed by atoms with Crippen LogP contribution in [0.4, 0.5) is 65.9 Å². The normalized spacial score (nSPS) is 14.1. The van der Waals surface area contributed by atoms with E-state index in [9.17, 15) is 28.8 Å². The first-order valence-corrected chi connectivity index (χ1v) is 45.7. The van der Waals surface area contributed by atoms with Crippen molar-refractivity contribution < 1.29 is 98.4 Å². The Hall–Kier alpha value is -11.5. The molecule has 0 aliphatic heterocycles. The summed E-state index contributed by atoms with van der Waals surface area (Å²) in [5.41, 5.74) is -44.2. The Morgan fingerprint density at radius 2 is 0.547 bits per heavy atom. The van der Waals surface area contributed by atoms with Gasteiger partial charge in [0.15, 0.2) is 48.5 Å². The summed E-state index contributed by atoms with van der Waals surface area (Å²) in [6.07, 6.45) is -20.7. The van der Waals surface area contributed by atoms with Gasteiger partial charge in [0.1, 0.15) is 67.8 Å². The molecule has 31 nitrogen and oxygen atoms in total. The third-order valence-corrected chi connectivity index (χ3v) is 28.1. The monoisotopic (exact) mass is 2010 g/mol. The Morgan fingerprint density at radius 3 is 0.737 bits per heavy atom. The van der Waals surface area contributed by atoms with Gasteiger partial charge in [-0.2, -0.15) is 69.8 Å². The highest BCUT2D eigenvalue weighted by Gasteiger charge is 2.69. The van der Waals surface area contributed by atoms with Crippen LogP contribution in [0.3, 0.4) is 0 Å². The van der Waals surface area contributed by atoms with Crippen LogP contribution in [0.1, 0.15) is 158 Å². The van der Waals surface area contributed by atoms with E-state index in [2.05, 4.69) is 30.3 Å². The summed E-state index contributed by atoms with van der Waals surface area (Å²) in [6.45, 7) is 23.3. The maximum Gasteiger partial charge on any atom is 0.481 e. The van der Waals surface area contributed by atoms with Crippen molar-refractivity contribution in [2.45, 2.75) is 180 Å². The van der Waals surface area contributed by atoms with Crippen LogP contribution in [0.5, 0.6) is 0 Å². The maximum absolute atomic E-state index is 20.1. The molecule has 137 heavy (non-hydrogen) atoms. The predicted molar refractivity (Wildman–Crippen MR) is 476 cm³/mol. The number of thiazole rings is 3. The van der Waals surface area contributed by atoms with Gasteiger partial charge >= 0.3 is 43.4 Å². The van der Waals surface area contributed by atoms with Gasteiger partial charge in [0, 0.05) is 129 Å². The predicted octanol–water partition coefficient (Wildman–Crippen LogP) is 14.8. The first-order valence-electron chi connectivity index (χ1n) is 41.6. The van der Waals surface area contributed by atoms with Crippen LogP contribution in [0.25, 0.3) is 66.9 Å². The molecular formula is C87H96F15N18O13PS3. The second-order valence-electron chi connectivity index (χ2n) is 39.2. The standard InChI is InChI=1S/C87H96F15N18O13PS3/c1-76(2,3)85(77(4,5)6,118-49(40-28-31-43(88)58(61(40)91)82(94,95)96)37-135-70(118)103-52(121)34-46-55-64(106-115(46)25)109(19)73(127)112(22)67(55)124)131-134(130,132-86(78(7,8)9,79(10,11)12)119-50(41-29-32-44(89)59(62(41)92)83(97,98)99)38-136-71(119)104-53(122)35-47-56-65(107-116(47)26)110(20)74(128)113(23)68(56)125)133-87(80(13,14)15,81(16,17)18)120-51(42-30-33-45(90)60(63(42)93)84(100,101)102)39-137-72(120)105-54(123)36-48-57-66(108-117(48)27)111(21)75(129)114(24)69(57)126/h28-33,37-39H,34-36H2,1-27H3/b103-70-,104-71-,105-72-. The molecule has 12 rings (SSSR count). The smallest absolute Gasteiger partial charge is 0.285 e. The fraction of sp³-hybridized carbons (Fsp3) is 0.483. The highest BCUT2D eigenvalue weighted by Crippen LogP contribution is 2.73. The van der Waals surface area contributed by atoms with E-state index in [1.165, 1.54) is 167 Å². The number of carbonyl (C=O) groups excluding carboxylic acids is 3. The number of benzene rings is 3. The van der Waals surface area contributed by atoms with Crippen molar-refractivity contribution >= 4 is 92.7 Å². The molecule has 0 atom stereocenters. The Bertz CT molecular complexity index is 7010. The molecular weight excluding hydrogens is 1920 g/mol. The Kier molecular flexibility index (Phi) is 26.3. The number of rotatable bonds is 18. The zero-order chi connectivity index (χ0) is 103. The van der Waals surface area contributed by atoms with Crippen molar-refractivity contribution in [3.05, 3.63) is 198 Å². The summed E-state index contributed by atoms with van der Waals surface area (Å²) in [5, 5.41) is 14.7. The second-order valence-corrected chi connectivity index (χ2v) is 43.1. The largest absolute Gasteiger partial charge is 0.481 e. The minimum absolute atomic E-state index is 0.213. The molecule has 3 amide bonds. The average Bonchev–Trinajstić information content (AvgIpc) is 1.67. The minimum Gasteiger partial charge on any atom is -0.285 e. The lowest BCUT2D eigenvalue weighted by Gasteiger charge is -2.60. The number of hydrogen-bond donors (Lipinski definition) is 0. The summed E-state index contributed by atoms with van der Waals surface area (Å²) >= 11 is 0.922. The van der Waals surface area contributed by atoms with Crippen molar-refractivity contribution in [1.29, 1.82) is 0 Å². The molecule has 0 bridgehead atoms. The number of amides is 3. The fourth-order valence-electron chi connectivity index (χ4n) is 18.7. The number of carbonyl (C=O) groups is 3. The van der Waals surface area contributed by atoms with Gasteiger partial charge in [-0.3, -0.25) is 97.5 Å². The lowest BCUT2D eigenvalue weighted by atomic mass is 9.68. The third kappa shape index (κ3) is 17.1. The second kappa shape index (κ2) is 34.5. The van der Waals surface area contributed by atoms with E-state index in [0.717, 1.165) is 78.7 Å². The van der Waals surface area contributed by atoms with E-state index in [1.807, 2.05) is 0 Å². The van der Waals surface area contributed by atoms with E-state index in [4.69, 9.17) is 13.6 Å². The molecule has 0 unspecified atom stereocenters. The number of aryl methyl sites for hydroxylation is 6. The number of hydrogen-bond acceptors (Lipinski definition) is 19. The topological polar surface area (TPSA) is 333 Å². The van der Waals surface area contributed by atoms with E-state index in [1.54, 1.807) is 0 Å². The molecule has 0 fully saturated rings. The van der Waals surface area contributed by atoms with Gasteiger partial charge in [-0.25, -0.2) is 45.3 Å². The Balaban J connectivity index is 1.32. The van der Waals surface area contributed by atoms with E-state index >= 15 is 84.8 Å². The summed E-state index contributed by atoms with van der Waals surface area (Å²) < 4.78 is 297. The van der Waals surface area contributed by atoms with Crippen LogP contribution >= 0.6 is 41.8 Å². The third-order valence-electron chi connectivity index (χ3n) is 24.1. The van der Waals surface area contributed by atoms with Crippen LogP contribution < -0.4 is 48.2 Å². The molecule has 50 heteroatoms. The summed E-state index contributed by atoms with van der Waals surface area (Å²) in [6, 6.07) is 2.22. The maximum atomic E-state index is 20.1. The molecule has 12 aromatic rings. The van der Waals surface area contributed by atoms with Gasteiger partial charge in [-0.15, -0.1) is 34.0 Å². The van der Waals surface area contributed by atoms with Crippen molar-refractivity contribution in [2.75, 3.05) is 0 Å². The van der Waals surface area contributed by atoms with Crippen molar-refractivity contribution in [1.82, 2.24) is 70.4 Å². The number of fused-ring (bicyclic) bond motifs is 3. The molecule has 0 N–H and O–H groups in total. The van der Waals surface area contributed by atoms with E-state index in [0.29, 0.717) is 65.9 Å². The highest BCUT2D eigenvalue weighted by atomic mass is 32.1. The van der Waals surface area contributed by atoms with Gasteiger partial charge < -0.3 is 0 Å². The first kappa shape index (κ1) is 104. The molecule has 0 saturated carbocycles. The van der Waals surface area contributed by atoms with Gasteiger partial charge in [0.05, 0.1) is 53.4 Å². The number of aromatic nitrogens is 15. The lowest BCUT2D eigenvalue weighted by molar-refractivity contribution is -0.261. The summed E-state index contributed by atoms with van der Waals surface area (Å²) in [4.78, 5) is 141. The Labute approximate surface area is 779 Å². The summed E-state index contributed by atoms with van der Waals surface area (Å²) in [7, 11) is 3.71. The van der Waals surface area contributed by atoms with Gasteiger partial charge in [0.25, 0.3) is 34.4 Å². The van der Waals surface area contributed by atoms with Crippen LogP contribution in [0.15, 0.2) is 96.3 Å². The van der Waals surface area contributed by atoms with E-state index in [-0.39, 0.29) is 68.4 Å². The van der Waals surface area contributed by atoms with Crippen molar-refractivity contribution in [3.8, 4) is 33.8 Å². The molecule has 9 aromatic heterocycles. The molecule has 0 aliphatic carbocycles. The van der Waals surface area contributed by atoms with E-state index < -0.39 is 247 Å². The highest BCUT2D eigenvalue weighted by molar-refractivity contribution is 7.48.